The highest BCUT2D eigenvalue weighted by Crippen LogP contribution is 2.35. The minimum atomic E-state index is 0.621. The standard InChI is InChI=1S/C18H19N3/c1-13-2-6-15(7-3-13)17-11-20-18(21-12-17)16-8-4-14(10-19)5-9-16/h4-5,8-9,11-13,15H,2-3,6-7H2,1H3. The van der Waals surface area contributed by atoms with Crippen molar-refractivity contribution in [2.45, 2.75) is 38.5 Å². The Bertz CT molecular complexity index is 630. The lowest BCUT2D eigenvalue weighted by Crippen LogP contribution is -2.11. The summed E-state index contributed by atoms with van der Waals surface area (Å²) >= 11 is 0. The van der Waals surface area contributed by atoms with Gasteiger partial charge in [-0.15, -0.1) is 0 Å². The molecule has 3 rings (SSSR count). The largest absolute Gasteiger partial charge is 0.236 e. The number of benzene rings is 1. The molecule has 0 N–H and O–H groups in total. The van der Waals surface area contributed by atoms with Crippen molar-refractivity contribution in [3.8, 4) is 17.5 Å². The van der Waals surface area contributed by atoms with Gasteiger partial charge in [0.05, 0.1) is 11.6 Å². The van der Waals surface area contributed by atoms with Gasteiger partial charge in [0.15, 0.2) is 5.82 Å². The first-order valence-electron chi connectivity index (χ1n) is 7.58. The van der Waals surface area contributed by atoms with Crippen LogP contribution in [0, 0.1) is 17.2 Å². The van der Waals surface area contributed by atoms with E-state index in [1.807, 2.05) is 24.5 Å². The fourth-order valence-electron chi connectivity index (χ4n) is 2.99. The zero-order valence-corrected chi connectivity index (χ0v) is 12.3. The Kier molecular flexibility index (Phi) is 3.96. The molecule has 0 radical (unpaired) electrons. The van der Waals surface area contributed by atoms with Crippen LogP contribution in [-0.2, 0) is 0 Å². The van der Waals surface area contributed by atoms with Gasteiger partial charge in [-0.1, -0.05) is 19.8 Å². The second kappa shape index (κ2) is 6.05. The quantitative estimate of drug-likeness (QED) is 0.821. The van der Waals surface area contributed by atoms with Gasteiger partial charge in [0.25, 0.3) is 0 Å². The van der Waals surface area contributed by atoms with E-state index in [1.165, 1.54) is 31.2 Å². The third kappa shape index (κ3) is 3.11. The maximum Gasteiger partial charge on any atom is 0.159 e. The van der Waals surface area contributed by atoms with Crippen molar-refractivity contribution in [3.63, 3.8) is 0 Å². The van der Waals surface area contributed by atoms with Crippen molar-refractivity contribution in [2.75, 3.05) is 0 Å². The van der Waals surface area contributed by atoms with Crippen LogP contribution < -0.4 is 0 Å². The minimum Gasteiger partial charge on any atom is -0.236 e. The molecule has 1 aliphatic rings. The Morgan fingerprint density at radius 3 is 2.19 bits per heavy atom. The van der Waals surface area contributed by atoms with Gasteiger partial charge < -0.3 is 0 Å². The van der Waals surface area contributed by atoms with Crippen molar-refractivity contribution in [3.05, 3.63) is 47.8 Å². The molecule has 0 bridgehead atoms. The van der Waals surface area contributed by atoms with E-state index in [4.69, 9.17) is 5.26 Å². The average molecular weight is 277 g/mol. The van der Waals surface area contributed by atoms with E-state index in [0.29, 0.717) is 11.5 Å². The first kappa shape index (κ1) is 13.8. The van der Waals surface area contributed by atoms with Crippen LogP contribution in [0.2, 0.25) is 0 Å². The molecule has 0 aliphatic heterocycles. The molecular weight excluding hydrogens is 258 g/mol. The smallest absolute Gasteiger partial charge is 0.159 e. The van der Waals surface area contributed by atoms with Crippen molar-refractivity contribution in [2.24, 2.45) is 5.92 Å². The van der Waals surface area contributed by atoms with Gasteiger partial charge in [0.1, 0.15) is 0 Å². The fraction of sp³-hybridized carbons (Fsp3) is 0.389. The van der Waals surface area contributed by atoms with Crippen LogP contribution in [0.25, 0.3) is 11.4 Å². The molecule has 1 heterocycles. The molecule has 0 unspecified atom stereocenters. The predicted octanol–water partition coefficient (Wildman–Crippen LogP) is 4.31. The molecule has 0 saturated heterocycles. The highest BCUT2D eigenvalue weighted by atomic mass is 14.9. The molecule has 1 saturated carbocycles. The second-order valence-corrected chi connectivity index (χ2v) is 5.99. The lowest BCUT2D eigenvalue weighted by Gasteiger charge is -2.25. The van der Waals surface area contributed by atoms with E-state index in [-0.39, 0.29) is 0 Å². The predicted molar refractivity (Wildman–Crippen MR) is 82.6 cm³/mol. The Morgan fingerprint density at radius 1 is 1.00 bits per heavy atom. The average Bonchev–Trinajstić information content (AvgIpc) is 2.56. The maximum atomic E-state index is 8.82. The maximum absolute atomic E-state index is 8.82. The molecule has 0 spiro atoms. The van der Waals surface area contributed by atoms with Crippen molar-refractivity contribution < 1.29 is 0 Å². The Balaban J connectivity index is 1.75. The summed E-state index contributed by atoms with van der Waals surface area (Å²) in [7, 11) is 0. The summed E-state index contributed by atoms with van der Waals surface area (Å²) in [5.74, 6) is 2.21. The SMILES string of the molecule is CC1CCC(c2cnc(-c3ccc(C#N)cc3)nc2)CC1. The highest BCUT2D eigenvalue weighted by Gasteiger charge is 2.20. The van der Waals surface area contributed by atoms with Gasteiger partial charge in [0, 0.05) is 18.0 Å². The van der Waals surface area contributed by atoms with Crippen LogP contribution >= 0.6 is 0 Å². The fourth-order valence-corrected chi connectivity index (χ4v) is 2.99. The molecule has 3 nitrogen and oxygen atoms in total. The monoisotopic (exact) mass is 277 g/mol. The Hall–Kier alpha value is -2.21. The van der Waals surface area contributed by atoms with Crippen LogP contribution in [0.5, 0.6) is 0 Å². The van der Waals surface area contributed by atoms with Gasteiger partial charge in [-0.2, -0.15) is 5.26 Å². The summed E-state index contributed by atoms with van der Waals surface area (Å²) in [6.45, 7) is 2.33. The molecule has 0 atom stereocenters. The number of aromatic nitrogens is 2. The van der Waals surface area contributed by atoms with E-state index < -0.39 is 0 Å². The summed E-state index contributed by atoms with van der Waals surface area (Å²) in [5.41, 5.74) is 2.88. The normalized spacial score (nSPS) is 21.7. The number of nitriles is 1. The molecule has 2 aromatic rings. The molecule has 0 amide bonds. The van der Waals surface area contributed by atoms with E-state index >= 15 is 0 Å². The number of nitrogens with zero attached hydrogens (tertiary/aromatic N) is 3. The molecule has 1 fully saturated rings. The van der Waals surface area contributed by atoms with E-state index in [1.54, 1.807) is 12.1 Å². The van der Waals surface area contributed by atoms with Crippen LogP contribution in [0.4, 0.5) is 0 Å². The summed E-state index contributed by atoms with van der Waals surface area (Å²) in [4.78, 5) is 9.01. The van der Waals surface area contributed by atoms with Crippen LogP contribution in [0.3, 0.4) is 0 Å². The first-order valence-corrected chi connectivity index (χ1v) is 7.58. The van der Waals surface area contributed by atoms with E-state index in [0.717, 1.165) is 17.3 Å². The van der Waals surface area contributed by atoms with Gasteiger partial charge in [0.2, 0.25) is 0 Å². The zero-order valence-electron chi connectivity index (χ0n) is 12.3. The van der Waals surface area contributed by atoms with Crippen molar-refractivity contribution in [1.29, 1.82) is 5.26 Å². The number of rotatable bonds is 2. The van der Waals surface area contributed by atoms with Gasteiger partial charge in [-0.25, -0.2) is 9.97 Å². The van der Waals surface area contributed by atoms with E-state index in [9.17, 15) is 0 Å². The summed E-state index contributed by atoms with van der Waals surface area (Å²) in [6, 6.07) is 9.52. The van der Waals surface area contributed by atoms with Crippen LogP contribution in [0.15, 0.2) is 36.7 Å². The number of hydrogen-bond acceptors (Lipinski definition) is 3. The summed E-state index contributed by atoms with van der Waals surface area (Å²) < 4.78 is 0. The third-order valence-corrected chi connectivity index (χ3v) is 4.43. The van der Waals surface area contributed by atoms with Crippen LogP contribution in [-0.4, -0.2) is 9.97 Å². The number of hydrogen-bond donors (Lipinski definition) is 0. The second-order valence-electron chi connectivity index (χ2n) is 5.99. The van der Waals surface area contributed by atoms with Crippen LogP contribution in [0.1, 0.15) is 49.7 Å². The molecule has 1 aliphatic carbocycles. The lowest BCUT2D eigenvalue weighted by molar-refractivity contribution is 0.347. The Labute approximate surface area is 125 Å². The van der Waals surface area contributed by atoms with Gasteiger partial charge >= 0.3 is 0 Å². The summed E-state index contributed by atoms with van der Waals surface area (Å²) in [5, 5.41) is 8.82. The molecule has 21 heavy (non-hydrogen) atoms. The zero-order chi connectivity index (χ0) is 14.7. The molecule has 106 valence electrons. The minimum absolute atomic E-state index is 0.621. The van der Waals surface area contributed by atoms with Gasteiger partial charge in [-0.05, 0) is 54.5 Å². The van der Waals surface area contributed by atoms with E-state index in [2.05, 4.69) is 23.0 Å². The Morgan fingerprint density at radius 2 is 1.62 bits per heavy atom. The molecular formula is C18H19N3. The topological polar surface area (TPSA) is 49.6 Å². The third-order valence-electron chi connectivity index (χ3n) is 4.43. The van der Waals surface area contributed by atoms with Crippen molar-refractivity contribution >= 4 is 0 Å². The molecule has 1 aromatic heterocycles. The molecule has 1 aromatic carbocycles. The highest BCUT2D eigenvalue weighted by molar-refractivity contribution is 5.56. The first-order chi connectivity index (χ1) is 10.3. The molecule has 3 heteroatoms. The summed E-state index contributed by atoms with van der Waals surface area (Å²) in [6.07, 6.45) is 9.06. The van der Waals surface area contributed by atoms with Crippen molar-refractivity contribution in [1.82, 2.24) is 9.97 Å². The van der Waals surface area contributed by atoms with Gasteiger partial charge in [-0.3, -0.25) is 0 Å². The lowest BCUT2D eigenvalue weighted by atomic mass is 9.80.